The lowest BCUT2D eigenvalue weighted by molar-refractivity contribution is 0.415. The lowest BCUT2D eigenvalue weighted by Gasteiger charge is -2.16. The van der Waals surface area contributed by atoms with Crippen molar-refractivity contribution in [2.45, 2.75) is 37.0 Å². The van der Waals surface area contributed by atoms with E-state index < -0.39 is 0 Å². The van der Waals surface area contributed by atoms with Crippen LogP contribution in [0, 0.1) is 0 Å². The van der Waals surface area contributed by atoms with Crippen LogP contribution in [-0.4, -0.2) is 16.4 Å². The molecule has 2 nitrogen and oxygen atoms in total. The van der Waals surface area contributed by atoms with Gasteiger partial charge in [0.25, 0.3) is 0 Å². The summed E-state index contributed by atoms with van der Waals surface area (Å²) < 4.78 is 9.02. The van der Waals surface area contributed by atoms with Crippen LogP contribution in [0.5, 0.6) is 5.75 Å². The summed E-state index contributed by atoms with van der Waals surface area (Å²) in [7, 11) is 1.72. The van der Waals surface area contributed by atoms with Gasteiger partial charge in [0, 0.05) is 37.8 Å². The molecule has 24 heavy (non-hydrogen) atoms. The topological polar surface area (TPSA) is 14.2 Å². The Hall–Kier alpha value is -1.39. The van der Waals surface area contributed by atoms with Crippen LogP contribution in [0.1, 0.15) is 26.3 Å². The fourth-order valence-corrected chi connectivity index (χ4v) is 4.08. The van der Waals surface area contributed by atoms with Gasteiger partial charge in [0.15, 0.2) is 0 Å². The van der Waals surface area contributed by atoms with Gasteiger partial charge in [-0.1, -0.05) is 48.8 Å². The molecule has 0 saturated carbocycles. The van der Waals surface area contributed by atoms with E-state index in [1.807, 2.05) is 17.8 Å². The number of rotatable bonds is 4. The standard InChI is InChI=1S/C20H22BrNOS/c1-20(2,3)24-19-13-22(12-14-5-7-15(21)8-6-14)18-10-9-16(23-4)11-17(18)19/h5-11,13H,12H2,1-4H3. The Kier molecular flexibility index (Phi) is 4.97. The van der Waals surface area contributed by atoms with Gasteiger partial charge in [0.05, 0.1) is 7.11 Å². The average Bonchev–Trinajstić information content (AvgIpc) is 2.85. The monoisotopic (exact) mass is 403 g/mol. The summed E-state index contributed by atoms with van der Waals surface area (Å²) in [6.07, 6.45) is 2.27. The summed E-state index contributed by atoms with van der Waals surface area (Å²) in [5, 5.41) is 1.26. The van der Waals surface area contributed by atoms with Crippen molar-refractivity contribution in [3.63, 3.8) is 0 Å². The Balaban J connectivity index is 2.05. The predicted octanol–water partition coefficient (Wildman–Crippen LogP) is 6.35. The number of nitrogens with zero attached hydrogens (tertiary/aromatic N) is 1. The largest absolute Gasteiger partial charge is 0.497 e. The van der Waals surface area contributed by atoms with E-state index >= 15 is 0 Å². The normalized spacial score (nSPS) is 11.9. The maximum absolute atomic E-state index is 5.42. The number of methoxy groups -OCH3 is 1. The number of ether oxygens (including phenoxy) is 1. The molecule has 0 aliphatic heterocycles. The minimum Gasteiger partial charge on any atom is -0.497 e. The molecule has 0 radical (unpaired) electrons. The molecule has 0 atom stereocenters. The molecule has 2 aromatic carbocycles. The van der Waals surface area contributed by atoms with Gasteiger partial charge >= 0.3 is 0 Å². The molecule has 0 bridgehead atoms. The van der Waals surface area contributed by atoms with E-state index in [4.69, 9.17) is 4.74 Å². The number of hydrogen-bond donors (Lipinski definition) is 0. The SMILES string of the molecule is COc1ccc2c(c1)c(SC(C)(C)C)cn2Cc1ccc(Br)cc1. The molecule has 0 spiro atoms. The number of thioether (sulfide) groups is 1. The third-order valence-electron chi connectivity index (χ3n) is 3.73. The Bertz CT molecular complexity index is 846. The van der Waals surface area contributed by atoms with Gasteiger partial charge in [0.1, 0.15) is 5.75 Å². The zero-order valence-corrected chi connectivity index (χ0v) is 16.9. The van der Waals surface area contributed by atoms with Crippen LogP contribution >= 0.6 is 27.7 Å². The Morgan fingerprint density at radius 1 is 1.08 bits per heavy atom. The summed E-state index contributed by atoms with van der Waals surface area (Å²) in [4.78, 5) is 1.30. The second kappa shape index (κ2) is 6.85. The van der Waals surface area contributed by atoms with Crippen molar-refractivity contribution in [2.75, 3.05) is 7.11 Å². The van der Waals surface area contributed by atoms with Crippen molar-refractivity contribution in [2.24, 2.45) is 0 Å². The van der Waals surface area contributed by atoms with Crippen molar-refractivity contribution in [3.8, 4) is 5.75 Å². The van der Waals surface area contributed by atoms with Crippen LogP contribution in [0.2, 0.25) is 0 Å². The van der Waals surface area contributed by atoms with E-state index in [1.165, 1.54) is 21.4 Å². The van der Waals surface area contributed by atoms with E-state index in [9.17, 15) is 0 Å². The minimum atomic E-state index is 0.166. The van der Waals surface area contributed by atoms with Crippen molar-refractivity contribution in [1.29, 1.82) is 0 Å². The Labute approximate surface area is 156 Å². The molecule has 126 valence electrons. The van der Waals surface area contributed by atoms with Gasteiger partial charge in [-0.3, -0.25) is 0 Å². The smallest absolute Gasteiger partial charge is 0.119 e. The first-order valence-electron chi connectivity index (χ1n) is 7.96. The van der Waals surface area contributed by atoms with Crippen molar-refractivity contribution < 1.29 is 4.74 Å². The number of hydrogen-bond acceptors (Lipinski definition) is 2. The van der Waals surface area contributed by atoms with Crippen LogP contribution in [0.4, 0.5) is 0 Å². The van der Waals surface area contributed by atoms with Gasteiger partial charge in [-0.15, -0.1) is 11.8 Å². The fourth-order valence-electron chi connectivity index (χ4n) is 2.70. The first-order chi connectivity index (χ1) is 11.4. The van der Waals surface area contributed by atoms with Crippen LogP contribution in [-0.2, 0) is 6.54 Å². The summed E-state index contributed by atoms with van der Waals surface area (Å²) in [6, 6.07) is 14.8. The van der Waals surface area contributed by atoms with Gasteiger partial charge in [-0.25, -0.2) is 0 Å². The highest BCUT2D eigenvalue weighted by Crippen LogP contribution is 2.39. The summed E-state index contributed by atoms with van der Waals surface area (Å²) in [5.74, 6) is 0.902. The van der Waals surface area contributed by atoms with Crippen molar-refractivity contribution in [1.82, 2.24) is 4.57 Å². The Morgan fingerprint density at radius 3 is 2.42 bits per heavy atom. The summed E-state index contributed by atoms with van der Waals surface area (Å²) >= 11 is 5.40. The second-order valence-electron chi connectivity index (χ2n) is 6.85. The molecule has 0 fully saturated rings. The van der Waals surface area contributed by atoms with Crippen molar-refractivity contribution >= 4 is 38.6 Å². The maximum Gasteiger partial charge on any atom is 0.119 e. The van der Waals surface area contributed by atoms with Gasteiger partial charge in [-0.2, -0.15) is 0 Å². The zero-order chi connectivity index (χ0) is 17.3. The average molecular weight is 404 g/mol. The maximum atomic E-state index is 5.42. The van der Waals surface area contributed by atoms with Crippen LogP contribution in [0.25, 0.3) is 10.9 Å². The van der Waals surface area contributed by atoms with E-state index in [1.54, 1.807) is 7.11 Å². The minimum absolute atomic E-state index is 0.166. The second-order valence-corrected chi connectivity index (χ2v) is 9.63. The molecule has 0 unspecified atom stereocenters. The molecule has 1 heterocycles. The van der Waals surface area contributed by atoms with Gasteiger partial charge in [0.2, 0.25) is 0 Å². The fraction of sp³-hybridized carbons (Fsp3) is 0.300. The van der Waals surface area contributed by atoms with E-state index in [0.29, 0.717) is 0 Å². The molecule has 0 aliphatic rings. The number of halogens is 1. The van der Waals surface area contributed by atoms with Crippen molar-refractivity contribution in [3.05, 3.63) is 58.7 Å². The number of fused-ring (bicyclic) bond motifs is 1. The molecule has 3 aromatic rings. The predicted molar refractivity (Wildman–Crippen MR) is 107 cm³/mol. The third kappa shape index (κ3) is 3.98. The highest BCUT2D eigenvalue weighted by atomic mass is 79.9. The zero-order valence-electron chi connectivity index (χ0n) is 14.5. The number of aromatic nitrogens is 1. The molecular formula is C20H22BrNOS. The highest BCUT2D eigenvalue weighted by Gasteiger charge is 2.17. The summed E-state index contributed by atoms with van der Waals surface area (Å²) in [6.45, 7) is 7.60. The quantitative estimate of drug-likeness (QED) is 0.471. The first kappa shape index (κ1) is 17.4. The molecule has 0 aliphatic carbocycles. The van der Waals surface area contributed by atoms with Gasteiger partial charge < -0.3 is 9.30 Å². The highest BCUT2D eigenvalue weighted by molar-refractivity contribution is 9.10. The van der Waals surface area contributed by atoms with E-state index in [2.05, 4.69) is 83.9 Å². The molecule has 0 saturated heterocycles. The molecular weight excluding hydrogens is 382 g/mol. The van der Waals surface area contributed by atoms with Gasteiger partial charge in [-0.05, 0) is 35.9 Å². The lowest BCUT2D eigenvalue weighted by Crippen LogP contribution is -2.06. The number of benzene rings is 2. The molecule has 0 N–H and O–H groups in total. The third-order valence-corrected chi connectivity index (χ3v) is 5.42. The van der Waals surface area contributed by atoms with Crippen LogP contribution in [0.15, 0.2) is 58.0 Å². The molecule has 4 heteroatoms. The van der Waals surface area contributed by atoms with Crippen LogP contribution < -0.4 is 4.74 Å². The molecule has 3 rings (SSSR count). The lowest BCUT2D eigenvalue weighted by atomic mass is 10.2. The Morgan fingerprint density at radius 2 is 1.79 bits per heavy atom. The summed E-state index contributed by atoms with van der Waals surface area (Å²) in [5.41, 5.74) is 2.53. The van der Waals surface area contributed by atoms with E-state index in [-0.39, 0.29) is 4.75 Å². The molecule has 1 aromatic heterocycles. The van der Waals surface area contributed by atoms with Crippen LogP contribution in [0.3, 0.4) is 0 Å². The molecule has 0 amide bonds. The van der Waals surface area contributed by atoms with E-state index in [0.717, 1.165) is 16.8 Å². The first-order valence-corrected chi connectivity index (χ1v) is 9.57.